The topological polar surface area (TPSA) is 45.5 Å². The molecule has 0 spiro atoms. The zero-order valence-electron chi connectivity index (χ0n) is 14.3. The Morgan fingerprint density at radius 1 is 1.17 bits per heavy atom. The lowest BCUT2D eigenvalue weighted by molar-refractivity contribution is -0.142. The molecule has 2 aliphatic rings. The van der Waals surface area contributed by atoms with Crippen molar-refractivity contribution in [2.24, 2.45) is 0 Å². The van der Waals surface area contributed by atoms with Crippen LogP contribution in [0.4, 0.5) is 13.2 Å². The van der Waals surface area contributed by atoms with Crippen LogP contribution in [0.3, 0.4) is 0 Å². The summed E-state index contributed by atoms with van der Waals surface area (Å²) in [6.07, 6.45) is -2.65. The number of halogens is 3. The summed E-state index contributed by atoms with van der Waals surface area (Å²) in [7, 11) is -0.913. The van der Waals surface area contributed by atoms with Crippen molar-refractivity contribution in [3.05, 3.63) is 11.8 Å². The van der Waals surface area contributed by atoms with Crippen LogP contribution in [-0.2, 0) is 20.2 Å². The van der Waals surface area contributed by atoms with Gasteiger partial charge in [0.25, 0.3) is 0 Å². The van der Waals surface area contributed by atoms with Crippen molar-refractivity contribution in [3.63, 3.8) is 0 Å². The van der Waals surface area contributed by atoms with Gasteiger partial charge in [-0.2, -0.15) is 18.3 Å². The number of alkyl halides is 3. The van der Waals surface area contributed by atoms with E-state index in [1.807, 2.05) is 27.7 Å². The summed E-state index contributed by atoms with van der Waals surface area (Å²) in [5, 5.41) is 3.75. The number of ether oxygens (including phenoxy) is 1. The van der Waals surface area contributed by atoms with Gasteiger partial charge in [-0.15, -0.1) is 0 Å². The van der Waals surface area contributed by atoms with E-state index < -0.39 is 36.4 Å². The molecule has 3 rings (SSSR count). The molecule has 2 saturated heterocycles. The molecule has 134 valence electrons. The van der Waals surface area contributed by atoms with E-state index >= 15 is 0 Å². The molecule has 3 heterocycles. The first-order valence-electron chi connectivity index (χ1n) is 8.15. The Morgan fingerprint density at radius 2 is 1.79 bits per heavy atom. The van der Waals surface area contributed by atoms with Gasteiger partial charge in [-0.05, 0) is 53.0 Å². The predicted molar refractivity (Wildman–Crippen MR) is 81.8 cm³/mol. The van der Waals surface area contributed by atoms with Gasteiger partial charge < -0.3 is 14.0 Å². The van der Waals surface area contributed by atoms with Crippen LogP contribution in [0.25, 0.3) is 0 Å². The second kappa shape index (κ2) is 5.74. The lowest BCUT2D eigenvalue weighted by atomic mass is 9.84. The molecular formula is C15H22BF3N2O3. The first-order chi connectivity index (χ1) is 11.0. The average molecular weight is 346 g/mol. The van der Waals surface area contributed by atoms with Gasteiger partial charge in [-0.3, -0.25) is 0 Å². The molecule has 1 unspecified atom stereocenters. The van der Waals surface area contributed by atoms with Crippen LogP contribution in [0.15, 0.2) is 6.07 Å². The van der Waals surface area contributed by atoms with E-state index in [1.54, 1.807) is 0 Å². The third-order valence-corrected chi connectivity index (χ3v) is 4.98. The van der Waals surface area contributed by atoms with Crippen molar-refractivity contribution in [1.82, 2.24) is 9.78 Å². The highest BCUT2D eigenvalue weighted by Gasteiger charge is 2.54. The molecule has 0 aromatic carbocycles. The number of nitrogens with zero attached hydrogens (tertiary/aromatic N) is 2. The first kappa shape index (κ1) is 17.8. The Hall–Kier alpha value is -1.06. The van der Waals surface area contributed by atoms with Crippen LogP contribution in [0.1, 0.15) is 58.9 Å². The Kier molecular flexibility index (Phi) is 4.25. The summed E-state index contributed by atoms with van der Waals surface area (Å²) in [6, 6.07) is 1.00. The average Bonchev–Trinajstić information content (AvgIpc) is 2.99. The van der Waals surface area contributed by atoms with Crippen molar-refractivity contribution in [2.75, 3.05) is 6.61 Å². The number of hydrogen-bond donors (Lipinski definition) is 0. The first-order valence-corrected chi connectivity index (χ1v) is 8.15. The summed E-state index contributed by atoms with van der Waals surface area (Å²) in [6.45, 7) is 7.94. The molecule has 0 N–H and O–H groups in total. The SMILES string of the molecule is CC1(C)OB(c2cc(C(F)(F)F)nn2C2CCCCO2)OC1(C)C. The Bertz CT molecular complexity index is 594. The fraction of sp³-hybridized carbons (Fsp3) is 0.800. The molecule has 2 aliphatic heterocycles. The van der Waals surface area contributed by atoms with Crippen LogP contribution in [0.5, 0.6) is 0 Å². The second-order valence-corrected chi connectivity index (χ2v) is 7.31. The minimum atomic E-state index is -4.53. The summed E-state index contributed by atoms with van der Waals surface area (Å²) in [5.74, 6) is 0. The zero-order chi connectivity index (χ0) is 17.8. The normalized spacial score (nSPS) is 26.8. The highest BCUT2D eigenvalue weighted by atomic mass is 19.4. The molecule has 9 heteroatoms. The molecular weight excluding hydrogens is 324 g/mol. The molecule has 0 saturated carbocycles. The van der Waals surface area contributed by atoms with Crippen LogP contribution in [0.2, 0.25) is 0 Å². The minimum absolute atomic E-state index is 0.243. The minimum Gasteiger partial charge on any atom is -0.398 e. The molecule has 0 bridgehead atoms. The van der Waals surface area contributed by atoms with Crippen LogP contribution >= 0.6 is 0 Å². The highest BCUT2D eigenvalue weighted by Crippen LogP contribution is 2.37. The fourth-order valence-electron chi connectivity index (χ4n) is 2.83. The van der Waals surface area contributed by atoms with Gasteiger partial charge in [0.2, 0.25) is 0 Å². The molecule has 1 aromatic heterocycles. The highest BCUT2D eigenvalue weighted by molar-refractivity contribution is 6.61. The Balaban J connectivity index is 1.98. The maximum Gasteiger partial charge on any atom is 0.514 e. The van der Waals surface area contributed by atoms with Crippen LogP contribution in [0, 0.1) is 0 Å². The summed E-state index contributed by atoms with van der Waals surface area (Å²) in [4.78, 5) is 0. The lowest BCUT2D eigenvalue weighted by Crippen LogP contribution is -2.42. The van der Waals surface area contributed by atoms with E-state index in [0.717, 1.165) is 18.9 Å². The van der Waals surface area contributed by atoms with Gasteiger partial charge in [-0.25, -0.2) is 4.68 Å². The zero-order valence-corrected chi connectivity index (χ0v) is 14.3. The van der Waals surface area contributed by atoms with E-state index in [1.165, 1.54) is 4.68 Å². The monoisotopic (exact) mass is 346 g/mol. The van der Waals surface area contributed by atoms with Crippen molar-refractivity contribution in [3.8, 4) is 0 Å². The molecule has 0 radical (unpaired) electrons. The number of rotatable bonds is 2. The van der Waals surface area contributed by atoms with Crippen molar-refractivity contribution < 1.29 is 27.2 Å². The smallest absolute Gasteiger partial charge is 0.398 e. The quantitative estimate of drug-likeness (QED) is 0.773. The molecule has 1 aromatic rings. The molecule has 2 fully saturated rings. The molecule has 24 heavy (non-hydrogen) atoms. The molecule has 0 amide bonds. The summed E-state index contributed by atoms with van der Waals surface area (Å²) in [5.41, 5.74) is -1.99. The molecule has 0 aliphatic carbocycles. The van der Waals surface area contributed by atoms with E-state index in [2.05, 4.69) is 5.10 Å². The van der Waals surface area contributed by atoms with Crippen LogP contribution < -0.4 is 5.59 Å². The molecule has 1 atom stereocenters. The van der Waals surface area contributed by atoms with E-state index in [4.69, 9.17) is 14.0 Å². The fourth-order valence-corrected chi connectivity index (χ4v) is 2.83. The Morgan fingerprint density at radius 3 is 2.29 bits per heavy atom. The summed E-state index contributed by atoms with van der Waals surface area (Å²) >= 11 is 0. The largest absolute Gasteiger partial charge is 0.514 e. The molecule has 5 nitrogen and oxygen atoms in total. The van der Waals surface area contributed by atoms with Gasteiger partial charge in [-0.1, -0.05) is 0 Å². The second-order valence-electron chi connectivity index (χ2n) is 7.31. The number of aromatic nitrogens is 2. The predicted octanol–water partition coefficient (Wildman–Crippen LogP) is 2.90. The third kappa shape index (κ3) is 3.09. The van der Waals surface area contributed by atoms with Crippen molar-refractivity contribution >= 4 is 12.7 Å². The maximum absolute atomic E-state index is 13.1. The van der Waals surface area contributed by atoms with Crippen LogP contribution in [-0.4, -0.2) is 34.7 Å². The van der Waals surface area contributed by atoms with E-state index in [9.17, 15) is 13.2 Å². The van der Waals surface area contributed by atoms with Gasteiger partial charge in [0.15, 0.2) is 5.69 Å². The summed E-state index contributed by atoms with van der Waals surface area (Å²) < 4.78 is 58.1. The Labute approximate surface area is 139 Å². The van der Waals surface area contributed by atoms with Gasteiger partial charge in [0.05, 0.1) is 16.8 Å². The van der Waals surface area contributed by atoms with Gasteiger partial charge in [0.1, 0.15) is 6.23 Å². The standard InChI is InChI=1S/C15H22BF3N2O3/c1-13(2)14(3,4)24-16(23-13)11-9-10(15(17,18)19)20-21(11)12-7-5-6-8-22-12/h9,12H,5-8H2,1-4H3. The van der Waals surface area contributed by atoms with E-state index in [-0.39, 0.29) is 5.59 Å². The van der Waals surface area contributed by atoms with Crippen molar-refractivity contribution in [1.29, 1.82) is 0 Å². The van der Waals surface area contributed by atoms with Crippen molar-refractivity contribution in [2.45, 2.75) is 70.6 Å². The third-order valence-electron chi connectivity index (χ3n) is 4.98. The van der Waals surface area contributed by atoms with Gasteiger partial charge >= 0.3 is 13.3 Å². The number of hydrogen-bond acceptors (Lipinski definition) is 4. The lowest BCUT2D eigenvalue weighted by Gasteiger charge is -2.32. The van der Waals surface area contributed by atoms with Gasteiger partial charge in [0, 0.05) is 6.61 Å². The van der Waals surface area contributed by atoms with E-state index in [0.29, 0.717) is 13.0 Å². The maximum atomic E-state index is 13.1.